The van der Waals surface area contributed by atoms with Gasteiger partial charge in [0.15, 0.2) is 0 Å². The van der Waals surface area contributed by atoms with E-state index in [4.69, 9.17) is 5.53 Å². The minimum atomic E-state index is -1.15. The van der Waals surface area contributed by atoms with E-state index in [9.17, 15) is 19.5 Å². The third kappa shape index (κ3) is 3.74. The van der Waals surface area contributed by atoms with E-state index in [1.807, 2.05) is 0 Å². The fourth-order valence-electron chi connectivity index (χ4n) is 1.90. The third-order valence-corrected chi connectivity index (χ3v) is 2.80. The van der Waals surface area contributed by atoms with Crippen molar-refractivity contribution < 1.29 is 19.5 Å². The quantitative estimate of drug-likeness (QED) is 0.341. The zero-order valence-electron chi connectivity index (χ0n) is 9.79. The fourth-order valence-corrected chi connectivity index (χ4v) is 1.90. The Kier molecular flexibility index (Phi) is 5.13. The molecular formula is C10H14N4O4. The highest BCUT2D eigenvalue weighted by Crippen LogP contribution is 2.16. The van der Waals surface area contributed by atoms with Crippen LogP contribution in [0.5, 0.6) is 0 Å². The van der Waals surface area contributed by atoms with Crippen LogP contribution >= 0.6 is 0 Å². The Hall–Kier alpha value is -2.08. The van der Waals surface area contributed by atoms with Gasteiger partial charge in [-0.15, -0.1) is 0 Å². The Morgan fingerprint density at radius 2 is 2.28 bits per heavy atom. The molecule has 0 aliphatic carbocycles. The summed E-state index contributed by atoms with van der Waals surface area (Å²) in [5.74, 6) is -2.16. The van der Waals surface area contributed by atoms with Crippen LogP contribution in [-0.4, -0.2) is 41.7 Å². The maximum atomic E-state index is 11.5. The van der Waals surface area contributed by atoms with Gasteiger partial charge in [-0.2, -0.15) is 0 Å². The highest BCUT2D eigenvalue weighted by atomic mass is 16.4. The van der Waals surface area contributed by atoms with Crippen molar-refractivity contribution in [3.05, 3.63) is 0 Å². The molecule has 1 heterocycles. The predicted octanol–water partition coefficient (Wildman–Crippen LogP) is -1.37. The molecule has 1 saturated heterocycles. The molecule has 0 spiro atoms. The molecule has 1 aliphatic heterocycles. The molecule has 1 unspecified atom stereocenters. The molecule has 1 rings (SSSR count). The molecule has 18 heavy (non-hydrogen) atoms. The SMILES string of the molecule is N=[N+]=NCC(CCCC(=O)[O-])N1CCC(=O)C1=O. The van der Waals surface area contributed by atoms with Crippen molar-refractivity contribution in [1.82, 2.24) is 9.81 Å². The van der Waals surface area contributed by atoms with Gasteiger partial charge in [-0.3, -0.25) is 9.59 Å². The summed E-state index contributed by atoms with van der Waals surface area (Å²) in [7, 11) is 0. The number of hydrogen-bond acceptors (Lipinski definition) is 6. The van der Waals surface area contributed by atoms with Crippen LogP contribution < -0.4 is 10.0 Å². The number of carboxylic acid groups (broad SMARTS) is 1. The van der Waals surface area contributed by atoms with Crippen molar-refractivity contribution >= 4 is 17.7 Å². The van der Waals surface area contributed by atoms with E-state index < -0.39 is 17.7 Å². The lowest BCUT2D eigenvalue weighted by atomic mass is 10.1. The van der Waals surface area contributed by atoms with Gasteiger partial charge >= 0.3 is 0 Å². The van der Waals surface area contributed by atoms with Crippen LogP contribution in [0.25, 0.3) is 0 Å². The first-order valence-electron chi connectivity index (χ1n) is 5.63. The monoisotopic (exact) mass is 254 g/mol. The molecular weight excluding hydrogens is 240 g/mol. The largest absolute Gasteiger partial charge is 0.550 e. The molecule has 0 aromatic rings. The molecule has 1 fully saturated rings. The lowest BCUT2D eigenvalue weighted by Gasteiger charge is -2.24. The number of nitrogens with zero attached hydrogens (tertiary/aromatic N) is 3. The van der Waals surface area contributed by atoms with Gasteiger partial charge in [-0.1, -0.05) is 0 Å². The molecule has 0 aromatic heterocycles. The summed E-state index contributed by atoms with van der Waals surface area (Å²) < 4.78 is 0. The Labute approximate surface area is 103 Å². The Morgan fingerprint density at radius 1 is 1.56 bits per heavy atom. The molecule has 0 radical (unpaired) electrons. The first-order valence-corrected chi connectivity index (χ1v) is 5.63. The number of amides is 1. The van der Waals surface area contributed by atoms with Crippen LogP contribution in [0, 0.1) is 5.53 Å². The number of nitrogens with one attached hydrogen (secondary N) is 1. The first-order chi connectivity index (χ1) is 8.56. The van der Waals surface area contributed by atoms with E-state index >= 15 is 0 Å². The summed E-state index contributed by atoms with van der Waals surface area (Å²) in [5.41, 5.74) is 6.59. The number of carboxylic acids is 1. The molecule has 0 aromatic carbocycles. The van der Waals surface area contributed by atoms with Gasteiger partial charge in [0, 0.05) is 18.9 Å². The maximum Gasteiger partial charge on any atom is 0.290 e. The zero-order valence-corrected chi connectivity index (χ0v) is 9.79. The Morgan fingerprint density at radius 3 is 2.78 bits per heavy atom. The van der Waals surface area contributed by atoms with Crippen LogP contribution in [0.15, 0.2) is 5.11 Å². The van der Waals surface area contributed by atoms with Gasteiger partial charge in [-0.05, 0) is 19.3 Å². The Bertz CT molecular complexity index is 403. The number of hydrogen-bond donors (Lipinski definition) is 1. The van der Waals surface area contributed by atoms with Crippen molar-refractivity contribution in [1.29, 1.82) is 5.53 Å². The lowest BCUT2D eigenvalue weighted by Crippen LogP contribution is -2.40. The van der Waals surface area contributed by atoms with Gasteiger partial charge < -0.3 is 14.8 Å². The van der Waals surface area contributed by atoms with Crippen LogP contribution in [0.1, 0.15) is 25.7 Å². The second-order valence-corrected chi connectivity index (χ2v) is 4.01. The highest BCUT2D eigenvalue weighted by Gasteiger charge is 2.34. The minimum Gasteiger partial charge on any atom is -0.550 e. The smallest absolute Gasteiger partial charge is 0.290 e. The summed E-state index contributed by atoms with van der Waals surface area (Å²) in [6.45, 7) is 0.427. The summed E-state index contributed by atoms with van der Waals surface area (Å²) in [5, 5.41) is 13.8. The number of likely N-dealkylation sites (tertiary alicyclic amines) is 1. The maximum absolute atomic E-state index is 11.5. The molecule has 8 heteroatoms. The van der Waals surface area contributed by atoms with E-state index in [1.165, 1.54) is 4.90 Å². The van der Waals surface area contributed by atoms with Crippen LogP contribution in [0.3, 0.4) is 0 Å². The number of rotatable bonds is 7. The molecule has 0 bridgehead atoms. The van der Waals surface area contributed by atoms with E-state index in [0.29, 0.717) is 19.4 Å². The number of Topliss-reactive ketones (excluding diaryl/α,β-unsaturated/α-hetero) is 1. The molecule has 8 nitrogen and oxygen atoms in total. The normalized spacial score (nSPS) is 16.6. The highest BCUT2D eigenvalue weighted by molar-refractivity contribution is 6.37. The minimum absolute atomic E-state index is 0.107. The van der Waals surface area contributed by atoms with Gasteiger partial charge in [0.25, 0.3) is 5.91 Å². The molecule has 1 aliphatic rings. The van der Waals surface area contributed by atoms with Crippen molar-refractivity contribution in [3.63, 3.8) is 0 Å². The standard InChI is InChI=1S/C10H14N4O4/c11-13-12-6-7(2-1-3-9(16)17)14-5-4-8(15)10(14)18/h7,11H,1-6H2. The lowest BCUT2D eigenvalue weighted by molar-refractivity contribution is -0.305. The number of aliphatic carboxylic acids is 1. The molecule has 98 valence electrons. The van der Waals surface area contributed by atoms with Crippen molar-refractivity contribution in [2.75, 3.05) is 13.1 Å². The summed E-state index contributed by atoms with van der Waals surface area (Å²) in [6.07, 6.45) is 0.794. The average molecular weight is 254 g/mol. The van der Waals surface area contributed by atoms with E-state index in [0.717, 1.165) is 0 Å². The second kappa shape index (κ2) is 6.61. The van der Waals surface area contributed by atoms with Gasteiger partial charge in [0.05, 0.1) is 6.04 Å². The van der Waals surface area contributed by atoms with E-state index in [2.05, 4.69) is 10.0 Å². The molecule has 1 N–H and O–H groups in total. The number of carbonyl (C=O) groups excluding carboxylic acids is 3. The van der Waals surface area contributed by atoms with Crippen molar-refractivity contribution in [3.8, 4) is 0 Å². The van der Waals surface area contributed by atoms with Crippen LogP contribution in [0.2, 0.25) is 0 Å². The van der Waals surface area contributed by atoms with Gasteiger partial charge in [-0.25, -0.2) is 0 Å². The van der Waals surface area contributed by atoms with E-state index in [-0.39, 0.29) is 25.4 Å². The van der Waals surface area contributed by atoms with Crippen LogP contribution in [-0.2, 0) is 14.4 Å². The summed E-state index contributed by atoms with van der Waals surface area (Å²) in [6, 6.07) is -0.377. The molecule has 0 saturated carbocycles. The van der Waals surface area contributed by atoms with Crippen LogP contribution in [0.4, 0.5) is 0 Å². The predicted molar refractivity (Wildman–Crippen MR) is 56.1 cm³/mol. The number of ketones is 1. The Balaban J connectivity index is 2.60. The van der Waals surface area contributed by atoms with Gasteiger partial charge in [0.1, 0.15) is 17.2 Å². The van der Waals surface area contributed by atoms with Crippen molar-refractivity contribution in [2.45, 2.75) is 31.7 Å². The average Bonchev–Trinajstić information content (AvgIpc) is 2.64. The summed E-state index contributed by atoms with van der Waals surface area (Å²) >= 11 is 0. The molecule has 1 atom stereocenters. The van der Waals surface area contributed by atoms with Gasteiger partial charge in [0.2, 0.25) is 10.7 Å². The zero-order chi connectivity index (χ0) is 13.5. The topological polar surface area (TPSA) is 128 Å². The van der Waals surface area contributed by atoms with Crippen molar-refractivity contribution in [2.24, 2.45) is 5.11 Å². The second-order valence-electron chi connectivity index (χ2n) is 4.01. The fraction of sp³-hybridized carbons (Fsp3) is 0.700. The third-order valence-electron chi connectivity index (χ3n) is 2.80. The first kappa shape index (κ1) is 14.0. The summed E-state index contributed by atoms with van der Waals surface area (Å²) in [4.78, 5) is 37.2. The van der Waals surface area contributed by atoms with E-state index in [1.54, 1.807) is 0 Å². The molecule has 1 amide bonds. The number of carbonyl (C=O) groups is 3.